The lowest BCUT2D eigenvalue weighted by Gasteiger charge is -2.30. The van der Waals surface area contributed by atoms with Gasteiger partial charge < -0.3 is 9.59 Å². The van der Waals surface area contributed by atoms with Gasteiger partial charge in [-0.05, 0) is 12.8 Å². The number of unbranched alkanes of at least 4 members (excludes halogenated alkanes) is 9. The number of aliphatic hydroxyl groups is 1. The minimum Gasteiger partial charge on any atom is -0.392 e. The molecular formula is C18H39ClNO+. The topological polar surface area (TPSA) is 20.2 Å². The van der Waals surface area contributed by atoms with E-state index in [1.54, 1.807) is 0 Å². The van der Waals surface area contributed by atoms with E-state index in [0.717, 1.165) is 17.4 Å². The van der Waals surface area contributed by atoms with Crippen molar-refractivity contribution >= 4 is 11.6 Å². The van der Waals surface area contributed by atoms with E-state index >= 15 is 0 Å². The van der Waals surface area contributed by atoms with Crippen molar-refractivity contribution in [2.75, 3.05) is 33.1 Å². The molecule has 0 saturated carbocycles. The Kier molecular flexibility index (Phi) is 14.0. The highest BCUT2D eigenvalue weighted by atomic mass is 35.5. The number of nitrogens with zero attached hydrogens (tertiary/aromatic N) is 1. The van der Waals surface area contributed by atoms with Crippen molar-refractivity contribution in [3.05, 3.63) is 0 Å². The summed E-state index contributed by atoms with van der Waals surface area (Å²) in [4.78, 5) is 0. The van der Waals surface area contributed by atoms with Crippen molar-refractivity contribution in [2.24, 2.45) is 0 Å². The van der Waals surface area contributed by atoms with Crippen molar-refractivity contribution in [1.82, 2.24) is 0 Å². The van der Waals surface area contributed by atoms with Gasteiger partial charge in [0.1, 0.15) is 0 Å². The Balaban J connectivity index is 3.36. The van der Waals surface area contributed by atoms with Crippen molar-refractivity contribution in [3.8, 4) is 0 Å². The Bertz CT molecular complexity index is 221. The Morgan fingerprint density at radius 3 is 1.76 bits per heavy atom. The highest BCUT2D eigenvalue weighted by molar-refractivity contribution is 6.18. The van der Waals surface area contributed by atoms with Crippen LogP contribution < -0.4 is 0 Å². The highest BCUT2D eigenvalue weighted by Gasteiger charge is 2.16. The second kappa shape index (κ2) is 13.8. The van der Waals surface area contributed by atoms with Crippen molar-refractivity contribution in [3.63, 3.8) is 0 Å². The third-order valence-electron chi connectivity index (χ3n) is 4.36. The molecular weight excluding hydrogens is 282 g/mol. The summed E-state index contributed by atoms with van der Waals surface area (Å²) in [7, 11) is 4.52. The van der Waals surface area contributed by atoms with Crippen LogP contribution in [0.5, 0.6) is 0 Å². The van der Waals surface area contributed by atoms with Gasteiger partial charge in [-0.1, -0.05) is 58.3 Å². The van der Waals surface area contributed by atoms with Crippen molar-refractivity contribution in [1.29, 1.82) is 0 Å². The molecule has 21 heavy (non-hydrogen) atoms. The number of hydrogen-bond donors (Lipinski definition) is 1. The van der Waals surface area contributed by atoms with Crippen LogP contribution in [0.25, 0.3) is 0 Å². The van der Waals surface area contributed by atoms with Gasteiger partial charge >= 0.3 is 0 Å². The molecule has 0 aromatic heterocycles. The van der Waals surface area contributed by atoms with Crippen molar-refractivity contribution < 1.29 is 9.59 Å². The number of hydrogen-bond acceptors (Lipinski definition) is 1. The normalized spacial score (nSPS) is 13.6. The summed E-state index contributed by atoms with van der Waals surface area (Å²) in [6, 6.07) is 0. The highest BCUT2D eigenvalue weighted by Crippen LogP contribution is 2.12. The Labute approximate surface area is 138 Å². The molecule has 0 aliphatic heterocycles. The van der Waals surface area contributed by atoms with Crippen LogP contribution in [0.1, 0.15) is 77.6 Å². The van der Waals surface area contributed by atoms with E-state index < -0.39 is 0 Å². The number of halogens is 1. The molecule has 0 spiro atoms. The molecule has 0 aliphatic rings. The lowest BCUT2D eigenvalue weighted by molar-refractivity contribution is -0.891. The van der Waals surface area contributed by atoms with E-state index in [1.165, 1.54) is 70.8 Å². The third kappa shape index (κ3) is 14.9. The van der Waals surface area contributed by atoms with E-state index in [4.69, 9.17) is 11.6 Å². The van der Waals surface area contributed by atoms with E-state index in [0.29, 0.717) is 5.88 Å². The second-order valence-electron chi connectivity index (χ2n) is 7.16. The zero-order chi connectivity index (χ0) is 16.0. The van der Waals surface area contributed by atoms with E-state index in [9.17, 15) is 5.11 Å². The number of aliphatic hydroxyl groups excluding tert-OH is 1. The molecule has 0 aromatic rings. The standard InChI is InChI=1S/C18H39ClNO/c1-4-5-6-7-8-9-10-11-12-13-15-20(2,3)16-14-18(21)17-19/h18,21H,4-17H2,1-3H3/q+1. The predicted molar refractivity (Wildman–Crippen MR) is 95.0 cm³/mol. The molecule has 0 rings (SSSR count). The average Bonchev–Trinajstić information content (AvgIpc) is 2.46. The van der Waals surface area contributed by atoms with Crippen LogP contribution in [0.4, 0.5) is 0 Å². The van der Waals surface area contributed by atoms with Crippen LogP contribution in [-0.2, 0) is 0 Å². The SMILES string of the molecule is CCCCCCCCCCCC[N+](C)(C)CCC(O)CCl. The molecule has 1 atom stereocenters. The molecule has 0 saturated heterocycles. The summed E-state index contributed by atoms with van der Waals surface area (Å²) in [5.74, 6) is 0.359. The van der Waals surface area contributed by atoms with Gasteiger partial charge in [-0.3, -0.25) is 0 Å². The first-order chi connectivity index (χ1) is 10.0. The minimum atomic E-state index is -0.336. The first-order valence-electron chi connectivity index (χ1n) is 9.08. The third-order valence-corrected chi connectivity index (χ3v) is 4.72. The van der Waals surface area contributed by atoms with Gasteiger partial charge in [0.05, 0.1) is 33.3 Å². The first kappa shape index (κ1) is 21.2. The van der Waals surface area contributed by atoms with Gasteiger partial charge in [0.15, 0.2) is 0 Å². The Morgan fingerprint density at radius 1 is 0.810 bits per heavy atom. The fraction of sp³-hybridized carbons (Fsp3) is 1.00. The molecule has 0 amide bonds. The molecule has 0 fully saturated rings. The summed E-state index contributed by atoms with van der Waals surface area (Å²) < 4.78 is 1.00. The van der Waals surface area contributed by atoms with Gasteiger partial charge in [0, 0.05) is 12.3 Å². The largest absolute Gasteiger partial charge is 0.392 e. The summed E-state index contributed by atoms with van der Waals surface area (Å²) in [6.07, 6.45) is 14.4. The van der Waals surface area contributed by atoms with Crippen LogP contribution >= 0.6 is 11.6 Å². The van der Waals surface area contributed by atoms with Gasteiger partial charge in [-0.15, -0.1) is 11.6 Å². The lowest BCUT2D eigenvalue weighted by Crippen LogP contribution is -2.42. The molecule has 0 radical (unpaired) electrons. The van der Waals surface area contributed by atoms with Crippen molar-refractivity contribution in [2.45, 2.75) is 83.7 Å². The molecule has 0 heterocycles. The lowest BCUT2D eigenvalue weighted by atomic mass is 10.1. The molecule has 3 heteroatoms. The maximum atomic E-state index is 9.53. The summed E-state index contributed by atoms with van der Waals surface area (Å²) >= 11 is 5.64. The summed E-state index contributed by atoms with van der Waals surface area (Å²) in [5.41, 5.74) is 0. The van der Waals surface area contributed by atoms with Crippen LogP contribution in [0, 0.1) is 0 Å². The first-order valence-corrected chi connectivity index (χ1v) is 9.61. The van der Waals surface area contributed by atoms with Crippen LogP contribution in [0.2, 0.25) is 0 Å². The average molecular weight is 321 g/mol. The molecule has 1 unspecified atom stereocenters. The fourth-order valence-corrected chi connectivity index (χ4v) is 2.87. The summed E-state index contributed by atoms with van der Waals surface area (Å²) in [6.45, 7) is 4.51. The molecule has 128 valence electrons. The van der Waals surface area contributed by atoms with Gasteiger partial charge in [0.2, 0.25) is 0 Å². The predicted octanol–water partition coefficient (Wildman–Crippen LogP) is 4.97. The second-order valence-corrected chi connectivity index (χ2v) is 7.47. The Morgan fingerprint density at radius 2 is 1.29 bits per heavy atom. The quantitative estimate of drug-likeness (QED) is 0.256. The number of quaternary nitrogens is 1. The van der Waals surface area contributed by atoms with E-state index in [2.05, 4.69) is 21.0 Å². The molecule has 0 aromatic carbocycles. The molecule has 1 N–H and O–H groups in total. The molecule has 2 nitrogen and oxygen atoms in total. The maximum absolute atomic E-state index is 9.53. The van der Waals surface area contributed by atoms with Crippen LogP contribution in [0.3, 0.4) is 0 Å². The van der Waals surface area contributed by atoms with E-state index in [1.807, 2.05) is 0 Å². The maximum Gasteiger partial charge on any atom is 0.0807 e. The zero-order valence-electron chi connectivity index (χ0n) is 14.7. The summed E-state index contributed by atoms with van der Waals surface area (Å²) in [5, 5.41) is 9.53. The van der Waals surface area contributed by atoms with Gasteiger partial charge in [-0.25, -0.2) is 0 Å². The molecule has 0 aliphatic carbocycles. The number of alkyl halides is 1. The smallest absolute Gasteiger partial charge is 0.0807 e. The van der Waals surface area contributed by atoms with Gasteiger partial charge in [-0.2, -0.15) is 0 Å². The van der Waals surface area contributed by atoms with Crippen LogP contribution in [0.15, 0.2) is 0 Å². The molecule has 0 bridgehead atoms. The van der Waals surface area contributed by atoms with Crippen LogP contribution in [-0.4, -0.2) is 48.8 Å². The van der Waals surface area contributed by atoms with E-state index in [-0.39, 0.29) is 6.10 Å². The zero-order valence-corrected chi connectivity index (χ0v) is 15.5. The fourth-order valence-electron chi connectivity index (χ4n) is 2.71. The monoisotopic (exact) mass is 320 g/mol. The Hall–Kier alpha value is 0.210. The van der Waals surface area contributed by atoms with Gasteiger partial charge in [0.25, 0.3) is 0 Å². The number of rotatable bonds is 15. The minimum absolute atomic E-state index is 0.336.